The van der Waals surface area contributed by atoms with E-state index < -0.39 is 35.6 Å². The maximum Gasteiger partial charge on any atom is 0.249 e. The van der Waals surface area contributed by atoms with Gasteiger partial charge < -0.3 is 24.5 Å². The summed E-state index contributed by atoms with van der Waals surface area (Å²) in [5, 5.41) is 10.7. The van der Waals surface area contributed by atoms with Crippen molar-refractivity contribution >= 4 is 17.7 Å². The van der Waals surface area contributed by atoms with Gasteiger partial charge in [0.2, 0.25) is 17.7 Å². The van der Waals surface area contributed by atoms with Gasteiger partial charge in [0.15, 0.2) is 0 Å². The van der Waals surface area contributed by atoms with Gasteiger partial charge in [-0.05, 0) is 30.9 Å². The van der Waals surface area contributed by atoms with Crippen LogP contribution in [0, 0.1) is 11.8 Å². The molecule has 2 saturated heterocycles. The Balaban J connectivity index is 1.42. The molecule has 8 nitrogen and oxygen atoms in total. The van der Waals surface area contributed by atoms with E-state index in [0.717, 1.165) is 24.0 Å². The first-order valence-electron chi connectivity index (χ1n) is 15.5. The van der Waals surface area contributed by atoms with Crippen LogP contribution in [0.4, 0.5) is 0 Å². The first-order chi connectivity index (χ1) is 20.9. The van der Waals surface area contributed by atoms with E-state index in [2.05, 4.69) is 6.92 Å². The molecule has 2 fully saturated rings. The normalized spacial score (nSPS) is 29.7. The highest BCUT2D eigenvalue weighted by Crippen LogP contribution is 2.54. The van der Waals surface area contributed by atoms with Crippen molar-refractivity contribution < 1.29 is 24.2 Å². The van der Waals surface area contributed by atoms with E-state index in [0.29, 0.717) is 26.1 Å². The molecule has 4 aliphatic heterocycles. The summed E-state index contributed by atoms with van der Waals surface area (Å²) in [7, 11) is 0. The van der Waals surface area contributed by atoms with E-state index in [1.165, 1.54) is 0 Å². The summed E-state index contributed by atoms with van der Waals surface area (Å²) in [5.41, 5.74) is 0.640. The Morgan fingerprint density at radius 2 is 1.63 bits per heavy atom. The Bertz CT molecular complexity index is 1390. The lowest BCUT2D eigenvalue weighted by Crippen LogP contribution is -2.59. The minimum absolute atomic E-state index is 0.0372. The van der Waals surface area contributed by atoms with Crippen LogP contribution in [-0.2, 0) is 32.1 Å². The van der Waals surface area contributed by atoms with E-state index in [1.807, 2.05) is 96.8 Å². The van der Waals surface area contributed by atoms with Crippen molar-refractivity contribution in [3.05, 3.63) is 96.1 Å². The molecule has 0 aliphatic carbocycles. The van der Waals surface area contributed by atoms with E-state index >= 15 is 0 Å². The predicted octanol–water partition coefficient (Wildman–Crippen LogP) is 3.36. The third-order valence-corrected chi connectivity index (χ3v) is 9.58. The fourth-order valence-corrected chi connectivity index (χ4v) is 7.59. The minimum Gasteiger partial charge on any atom is -0.394 e. The van der Waals surface area contributed by atoms with Crippen LogP contribution < -0.4 is 0 Å². The molecule has 4 aliphatic rings. The molecule has 43 heavy (non-hydrogen) atoms. The Kier molecular flexibility index (Phi) is 8.25. The number of nitrogens with zero attached hydrogens (tertiary/aromatic N) is 3. The molecule has 2 aromatic rings. The summed E-state index contributed by atoms with van der Waals surface area (Å²) < 4.78 is 6.80. The molecule has 0 saturated carbocycles. The number of hydrogen-bond donors (Lipinski definition) is 1. The maximum absolute atomic E-state index is 14.7. The number of hydrogen-bond acceptors (Lipinski definition) is 5. The SMILES string of the molecule is CCCC(C)N1CC=C[C@]23O[C@@H]4C=CCN(Cc5ccccc5)C(=O)[C@@H]4[C@H]2C(=O)N([C@@H](CO)Cc2ccccc2)C3C1=O. The molecule has 8 heteroatoms. The monoisotopic (exact) mass is 583 g/mol. The smallest absolute Gasteiger partial charge is 0.249 e. The van der Waals surface area contributed by atoms with Gasteiger partial charge in [-0.25, -0.2) is 0 Å². The lowest BCUT2D eigenvalue weighted by molar-refractivity contribution is -0.152. The van der Waals surface area contributed by atoms with Crippen molar-refractivity contribution in [3.8, 4) is 0 Å². The van der Waals surface area contributed by atoms with Gasteiger partial charge in [0.05, 0.1) is 30.6 Å². The largest absolute Gasteiger partial charge is 0.394 e. The second-order valence-electron chi connectivity index (χ2n) is 12.3. The molecule has 2 aromatic carbocycles. The molecule has 1 spiro atoms. The van der Waals surface area contributed by atoms with Crippen LogP contribution in [-0.4, -0.2) is 87.1 Å². The lowest BCUT2D eigenvalue weighted by Gasteiger charge is -2.40. The van der Waals surface area contributed by atoms with Gasteiger partial charge in [-0.15, -0.1) is 0 Å². The third-order valence-electron chi connectivity index (χ3n) is 9.58. The zero-order valence-corrected chi connectivity index (χ0v) is 24.9. The Morgan fingerprint density at radius 3 is 2.30 bits per heavy atom. The fourth-order valence-electron chi connectivity index (χ4n) is 7.59. The van der Waals surface area contributed by atoms with Crippen molar-refractivity contribution in [2.24, 2.45) is 11.8 Å². The molecule has 0 aromatic heterocycles. The van der Waals surface area contributed by atoms with Crippen molar-refractivity contribution in [1.82, 2.24) is 14.7 Å². The summed E-state index contributed by atoms with van der Waals surface area (Å²) in [6, 6.07) is 17.8. The van der Waals surface area contributed by atoms with Crippen molar-refractivity contribution in [2.75, 3.05) is 19.7 Å². The van der Waals surface area contributed by atoms with Gasteiger partial charge in [-0.2, -0.15) is 0 Å². The molecule has 4 heterocycles. The quantitative estimate of drug-likeness (QED) is 0.458. The Hall–Kier alpha value is -3.75. The lowest BCUT2D eigenvalue weighted by atomic mass is 9.77. The molecular weight excluding hydrogens is 542 g/mol. The average molecular weight is 584 g/mol. The summed E-state index contributed by atoms with van der Waals surface area (Å²) in [6.45, 7) is 5.04. The van der Waals surface area contributed by atoms with Crippen molar-refractivity contribution in [3.63, 3.8) is 0 Å². The van der Waals surface area contributed by atoms with Crippen LogP contribution in [0.25, 0.3) is 0 Å². The van der Waals surface area contributed by atoms with E-state index in [1.54, 1.807) is 9.80 Å². The molecule has 2 unspecified atom stereocenters. The van der Waals surface area contributed by atoms with Crippen LogP contribution in [0.15, 0.2) is 85.0 Å². The van der Waals surface area contributed by atoms with Gasteiger partial charge >= 0.3 is 0 Å². The van der Waals surface area contributed by atoms with Crippen LogP contribution in [0.3, 0.4) is 0 Å². The number of carbonyl (C=O) groups is 3. The summed E-state index contributed by atoms with van der Waals surface area (Å²) in [5.74, 6) is -2.32. The van der Waals surface area contributed by atoms with Crippen LogP contribution in [0.2, 0.25) is 0 Å². The Morgan fingerprint density at radius 1 is 0.930 bits per heavy atom. The molecule has 226 valence electrons. The number of amides is 3. The molecule has 1 N–H and O–H groups in total. The zero-order valence-electron chi connectivity index (χ0n) is 24.9. The van der Waals surface area contributed by atoms with Gasteiger partial charge in [-0.3, -0.25) is 14.4 Å². The summed E-state index contributed by atoms with van der Waals surface area (Å²) in [4.78, 5) is 48.8. The van der Waals surface area contributed by atoms with Gasteiger partial charge in [-0.1, -0.05) is 98.3 Å². The number of aliphatic hydroxyl groups is 1. The summed E-state index contributed by atoms with van der Waals surface area (Å²) >= 11 is 0. The van der Waals surface area contributed by atoms with Crippen LogP contribution >= 0.6 is 0 Å². The minimum atomic E-state index is -1.32. The first-order valence-corrected chi connectivity index (χ1v) is 15.5. The van der Waals surface area contributed by atoms with Crippen molar-refractivity contribution in [1.29, 1.82) is 0 Å². The fraction of sp³-hybridized carbons (Fsp3) is 0.457. The van der Waals surface area contributed by atoms with Crippen LogP contribution in [0.1, 0.15) is 37.8 Å². The topological polar surface area (TPSA) is 90.4 Å². The van der Waals surface area contributed by atoms with Gasteiger partial charge in [0.25, 0.3) is 0 Å². The zero-order chi connectivity index (χ0) is 30.1. The molecule has 0 bridgehead atoms. The van der Waals surface area contributed by atoms with Crippen molar-refractivity contribution in [2.45, 2.75) is 69.5 Å². The van der Waals surface area contributed by atoms with Gasteiger partial charge in [0, 0.05) is 25.7 Å². The Labute approximate surface area is 253 Å². The second-order valence-corrected chi connectivity index (χ2v) is 12.3. The number of likely N-dealkylation sites (tertiary alicyclic amines) is 1. The van der Waals surface area contributed by atoms with E-state index in [4.69, 9.17) is 4.74 Å². The molecule has 0 radical (unpaired) electrons. The molecule has 6 rings (SSSR count). The number of fused-ring (bicyclic) bond motifs is 2. The molecule has 7 atom stereocenters. The van der Waals surface area contributed by atoms with E-state index in [9.17, 15) is 19.5 Å². The van der Waals surface area contributed by atoms with Gasteiger partial charge in [0.1, 0.15) is 11.6 Å². The maximum atomic E-state index is 14.7. The second kappa shape index (κ2) is 12.1. The first kappa shape index (κ1) is 29.3. The van der Waals surface area contributed by atoms with Crippen LogP contribution in [0.5, 0.6) is 0 Å². The standard InChI is InChI=1S/C35H41N3O5/c1-3-12-24(2)37-20-11-18-35-30(29-28(43-35)17-10-19-36(32(29)40)22-26-15-8-5-9-16-26)33(41)38(31(35)34(37)42)27(23-39)21-25-13-6-4-7-14-25/h4-11,13-18,24,27-31,39H,3,12,19-23H2,1-2H3/t24?,27-,28-,29+,30+,31?,35+/m1/s1. The molecule has 3 amide bonds. The number of rotatable bonds is 9. The highest BCUT2D eigenvalue weighted by Gasteiger charge is 2.72. The number of ether oxygens (including phenoxy) is 1. The number of aliphatic hydroxyl groups excluding tert-OH is 1. The third kappa shape index (κ3) is 5.10. The average Bonchev–Trinajstić information content (AvgIpc) is 3.34. The highest BCUT2D eigenvalue weighted by molar-refractivity contribution is 6.00. The van der Waals surface area contributed by atoms with E-state index in [-0.39, 0.29) is 30.4 Å². The highest BCUT2D eigenvalue weighted by atomic mass is 16.5. The number of carbonyl (C=O) groups excluding carboxylic acids is 3. The predicted molar refractivity (Wildman–Crippen MR) is 162 cm³/mol. The number of benzene rings is 2. The summed E-state index contributed by atoms with van der Waals surface area (Å²) in [6.07, 6.45) is 9.13. The molecular formula is C35H41N3O5.